The molecular formula is C17H28O5. The lowest BCUT2D eigenvalue weighted by atomic mass is 9.99. The molecule has 0 bridgehead atoms. The van der Waals surface area contributed by atoms with Crippen LogP contribution in [0.15, 0.2) is 6.07 Å². The Morgan fingerprint density at radius 2 is 1.55 bits per heavy atom. The highest BCUT2D eigenvalue weighted by Crippen LogP contribution is 2.28. The van der Waals surface area contributed by atoms with Crippen molar-refractivity contribution in [3.8, 4) is 5.75 Å². The topological polar surface area (TPSA) is 54.0 Å². The smallest absolute Gasteiger partial charge is 0.150 e. The molecule has 0 saturated carbocycles. The van der Waals surface area contributed by atoms with Gasteiger partial charge in [0.25, 0.3) is 0 Å². The van der Waals surface area contributed by atoms with Gasteiger partial charge in [0.05, 0.1) is 19.8 Å². The lowest BCUT2D eigenvalue weighted by Crippen LogP contribution is -2.11. The van der Waals surface area contributed by atoms with E-state index in [0.29, 0.717) is 32.0 Å². The Balaban J connectivity index is 0.00000135. The van der Waals surface area contributed by atoms with E-state index in [9.17, 15) is 4.79 Å². The summed E-state index contributed by atoms with van der Waals surface area (Å²) in [5, 5.41) is 0. The van der Waals surface area contributed by atoms with Crippen molar-refractivity contribution < 1.29 is 23.7 Å². The van der Waals surface area contributed by atoms with E-state index in [-0.39, 0.29) is 0 Å². The average molecular weight is 312 g/mol. The van der Waals surface area contributed by atoms with Gasteiger partial charge < -0.3 is 18.9 Å². The predicted molar refractivity (Wildman–Crippen MR) is 87.2 cm³/mol. The summed E-state index contributed by atoms with van der Waals surface area (Å²) in [5.74, 6) is 0.781. The second-order valence-electron chi connectivity index (χ2n) is 4.86. The number of ether oxygens (including phenoxy) is 4. The molecule has 0 atom stereocenters. The van der Waals surface area contributed by atoms with Crippen molar-refractivity contribution in [2.45, 2.75) is 20.8 Å². The zero-order valence-corrected chi connectivity index (χ0v) is 14.5. The maximum Gasteiger partial charge on any atom is 0.150 e. The number of aryl methyl sites for hydroxylation is 2. The summed E-state index contributed by atoms with van der Waals surface area (Å²) in [4.78, 5) is 11.1. The van der Waals surface area contributed by atoms with E-state index in [1.54, 1.807) is 21.3 Å². The van der Waals surface area contributed by atoms with E-state index >= 15 is 0 Å². The van der Waals surface area contributed by atoms with Crippen LogP contribution in [-0.4, -0.2) is 54.0 Å². The molecule has 0 aliphatic carbocycles. The summed E-state index contributed by atoms with van der Waals surface area (Å²) in [6.07, 6.45) is 0.881. The number of methoxy groups -OCH3 is 2. The Morgan fingerprint density at radius 1 is 0.955 bits per heavy atom. The van der Waals surface area contributed by atoms with Gasteiger partial charge >= 0.3 is 0 Å². The molecule has 1 rings (SSSR count). The SMILES string of the molecule is COC.COCCOCCOc1c(C)cc(C)c(C=O)c1C. The predicted octanol–water partition coefficient (Wildman–Crippen LogP) is 2.73. The number of rotatable bonds is 8. The van der Waals surface area contributed by atoms with Crippen LogP contribution in [-0.2, 0) is 14.2 Å². The van der Waals surface area contributed by atoms with Gasteiger partial charge in [0.2, 0.25) is 0 Å². The zero-order valence-electron chi connectivity index (χ0n) is 14.5. The molecule has 0 aliphatic heterocycles. The maximum absolute atomic E-state index is 11.1. The quantitative estimate of drug-likeness (QED) is 0.546. The molecule has 0 aliphatic rings. The fraction of sp³-hybridized carbons (Fsp3) is 0.588. The highest BCUT2D eigenvalue weighted by molar-refractivity contribution is 5.81. The lowest BCUT2D eigenvalue weighted by Gasteiger charge is -2.15. The number of aldehydes is 1. The van der Waals surface area contributed by atoms with Gasteiger partial charge in [-0.05, 0) is 31.9 Å². The molecule has 5 heteroatoms. The van der Waals surface area contributed by atoms with Crippen molar-refractivity contribution in [2.24, 2.45) is 0 Å². The molecule has 1 aromatic carbocycles. The first kappa shape index (κ1) is 20.6. The van der Waals surface area contributed by atoms with Gasteiger partial charge in [-0.2, -0.15) is 0 Å². The first-order valence-corrected chi connectivity index (χ1v) is 7.19. The second kappa shape index (κ2) is 12.1. The highest BCUT2D eigenvalue weighted by Gasteiger charge is 2.11. The van der Waals surface area contributed by atoms with E-state index in [1.165, 1.54) is 0 Å². The number of carbonyl (C=O) groups excluding carboxylic acids is 1. The minimum absolute atomic E-state index is 0.465. The Kier molecular flexibility index (Phi) is 11.4. The fourth-order valence-corrected chi connectivity index (χ4v) is 2.03. The number of carbonyl (C=O) groups is 1. The van der Waals surface area contributed by atoms with Gasteiger partial charge in [-0.25, -0.2) is 0 Å². The summed E-state index contributed by atoms with van der Waals surface area (Å²) in [6, 6.07) is 1.97. The van der Waals surface area contributed by atoms with Crippen molar-refractivity contribution in [1.82, 2.24) is 0 Å². The third-order valence-electron chi connectivity index (χ3n) is 2.98. The van der Waals surface area contributed by atoms with Crippen molar-refractivity contribution >= 4 is 6.29 Å². The molecule has 22 heavy (non-hydrogen) atoms. The Hall–Kier alpha value is -1.43. The van der Waals surface area contributed by atoms with Crippen LogP contribution in [0.4, 0.5) is 0 Å². The van der Waals surface area contributed by atoms with Crippen LogP contribution in [0.25, 0.3) is 0 Å². The largest absolute Gasteiger partial charge is 0.491 e. The van der Waals surface area contributed by atoms with E-state index in [0.717, 1.165) is 28.7 Å². The van der Waals surface area contributed by atoms with Crippen LogP contribution in [0.1, 0.15) is 27.0 Å². The zero-order chi connectivity index (χ0) is 17.0. The van der Waals surface area contributed by atoms with Gasteiger partial charge in [0.15, 0.2) is 6.29 Å². The standard InChI is InChI=1S/C15H22O4.C2H6O/c1-11-9-12(2)15(13(3)14(11)10-16)19-8-7-18-6-5-17-4;1-3-2/h9-10H,5-8H2,1-4H3;1-2H3. The van der Waals surface area contributed by atoms with Gasteiger partial charge in [0.1, 0.15) is 12.4 Å². The van der Waals surface area contributed by atoms with Crippen LogP contribution in [0.5, 0.6) is 5.75 Å². The van der Waals surface area contributed by atoms with Crippen molar-refractivity contribution in [3.63, 3.8) is 0 Å². The van der Waals surface area contributed by atoms with Gasteiger partial charge in [-0.3, -0.25) is 4.79 Å². The van der Waals surface area contributed by atoms with E-state index < -0.39 is 0 Å². The van der Waals surface area contributed by atoms with Crippen LogP contribution in [0, 0.1) is 20.8 Å². The van der Waals surface area contributed by atoms with Crippen molar-refractivity contribution in [2.75, 3.05) is 47.8 Å². The maximum atomic E-state index is 11.1. The van der Waals surface area contributed by atoms with Crippen molar-refractivity contribution in [3.05, 3.63) is 28.3 Å². The lowest BCUT2D eigenvalue weighted by molar-refractivity contribution is 0.0542. The Bertz CT molecular complexity index is 443. The van der Waals surface area contributed by atoms with Crippen LogP contribution in [0.2, 0.25) is 0 Å². The summed E-state index contributed by atoms with van der Waals surface area (Å²) < 4.78 is 20.2. The third-order valence-corrected chi connectivity index (χ3v) is 2.98. The summed E-state index contributed by atoms with van der Waals surface area (Å²) in [5.41, 5.74) is 3.62. The molecule has 1 aromatic rings. The Morgan fingerprint density at radius 3 is 2.09 bits per heavy atom. The molecule has 0 unspecified atom stereocenters. The monoisotopic (exact) mass is 312 g/mol. The second-order valence-corrected chi connectivity index (χ2v) is 4.86. The summed E-state index contributed by atoms with van der Waals surface area (Å²) in [7, 11) is 4.89. The highest BCUT2D eigenvalue weighted by atomic mass is 16.5. The molecule has 0 N–H and O–H groups in total. The van der Waals surface area contributed by atoms with E-state index in [4.69, 9.17) is 14.2 Å². The molecule has 0 spiro atoms. The van der Waals surface area contributed by atoms with Gasteiger partial charge in [0, 0.05) is 32.5 Å². The number of hydrogen-bond acceptors (Lipinski definition) is 5. The minimum Gasteiger partial charge on any atom is -0.491 e. The molecular weight excluding hydrogens is 284 g/mol. The van der Waals surface area contributed by atoms with Gasteiger partial charge in [-0.1, -0.05) is 6.07 Å². The van der Waals surface area contributed by atoms with Crippen LogP contribution >= 0.6 is 0 Å². The minimum atomic E-state index is 0.465. The molecule has 0 saturated heterocycles. The molecule has 0 aromatic heterocycles. The normalized spacial score (nSPS) is 9.91. The van der Waals surface area contributed by atoms with Crippen molar-refractivity contribution in [1.29, 1.82) is 0 Å². The molecule has 0 amide bonds. The number of hydrogen-bond donors (Lipinski definition) is 0. The van der Waals surface area contributed by atoms with E-state index in [2.05, 4.69) is 4.74 Å². The molecule has 0 heterocycles. The fourth-order valence-electron chi connectivity index (χ4n) is 2.03. The van der Waals surface area contributed by atoms with Crippen LogP contribution < -0.4 is 4.74 Å². The summed E-state index contributed by atoms with van der Waals surface area (Å²) in [6.45, 7) is 7.93. The third kappa shape index (κ3) is 7.02. The Labute approximate surface area is 133 Å². The van der Waals surface area contributed by atoms with E-state index in [1.807, 2.05) is 26.8 Å². The molecule has 0 fully saturated rings. The molecule has 126 valence electrons. The first-order chi connectivity index (χ1) is 10.5. The van der Waals surface area contributed by atoms with Gasteiger partial charge in [-0.15, -0.1) is 0 Å². The molecule has 0 radical (unpaired) electrons. The average Bonchev–Trinajstić information content (AvgIpc) is 2.46. The van der Waals surface area contributed by atoms with Crippen LogP contribution in [0.3, 0.4) is 0 Å². The molecule has 5 nitrogen and oxygen atoms in total. The number of benzene rings is 1. The first-order valence-electron chi connectivity index (χ1n) is 7.19. The summed E-state index contributed by atoms with van der Waals surface area (Å²) >= 11 is 0.